The molecule has 0 saturated heterocycles. The lowest BCUT2D eigenvalue weighted by atomic mass is 10.4. The van der Waals surface area contributed by atoms with E-state index >= 15 is 0 Å². The van der Waals surface area contributed by atoms with Crippen molar-refractivity contribution in [1.82, 2.24) is 0 Å². The van der Waals surface area contributed by atoms with Crippen LogP contribution >= 0.6 is 0 Å². The molecular weight excluding hydrogens is 669 g/mol. The van der Waals surface area contributed by atoms with Gasteiger partial charge in [-0.25, -0.2) is 4.79 Å². The second kappa shape index (κ2) is 14.6. The molecule has 17 heteroatoms. The van der Waals surface area contributed by atoms with Gasteiger partial charge in [0.05, 0.1) is 0 Å². The SMILES string of the molecule is C=C(C)C(=O)O[Si](O[Si](C)(C)O[Si](C)(C)O[Si](C)(C)O[Si](C)(C)O[Si](C)(C)O[Si](C)(C)O[Si](C)(C)C)(C(C)C)C(C)C. The molecule has 0 aromatic rings. The molecule has 250 valence electrons. The van der Waals surface area contributed by atoms with Crippen LogP contribution in [0.1, 0.15) is 34.6 Å². The van der Waals surface area contributed by atoms with Crippen molar-refractivity contribution in [2.75, 3.05) is 0 Å². The Balaban J connectivity index is 5.76. The van der Waals surface area contributed by atoms with Gasteiger partial charge in [-0.3, -0.25) is 0 Å². The summed E-state index contributed by atoms with van der Waals surface area (Å²) in [5.41, 5.74) is 0.415. The van der Waals surface area contributed by atoms with E-state index in [4.69, 9.17) is 33.2 Å². The molecule has 0 heterocycles. The van der Waals surface area contributed by atoms with Gasteiger partial charge in [-0.05, 0) is 105 Å². The number of hydrogen-bond acceptors (Lipinski definition) is 9. The van der Waals surface area contributed by atoms with Gasteiger partial charge in [0, 0.05) is 16.7 Å². The van der Waals surface area contributed by atoms with E-state index in [1.54, 1.807) is 6.92 Å². The van der Waals surface area contributed by atoms with E-state index in [0.717, 1.165) is 0 Å². The summed E-state index contributed by atoms with van der Waals surface area (Å²) in [7, 11) is -20.6. The molecule has 9 nitrogen and oxygen atoms in total. The minimum Gasteiger partial charge on any atom is -0.491 e. The maximum atomic E-state index is 12.7. The van der Waals surface area contributed by atoms with E-state index < -0.39 is 74.2 Å². The Hall–Kier alpha value is 0.665. The molecular formula is C25H64O9Si8. The molecule has 0 aromatic carbocycles. The predicted octanol–water partition coefficient (Wildman–Crippen LogP) is 8.53. The van der Waals surface area contributed by atoms with Crippen molar-refractivity contribution >= 4 is 74.2 Å². The number of rotatable bonds is 18. The Morgan fingerprint density at radius 1 is 0.476 bits per heavy atom. The second-order valence-corrected chi connectivity index (χ2v) is 46.1. The Labute approximate surface area is 267 Å². The Bertz CT molecular complexity index is 921. The Morgan fingerprint density at radius 3 is 0.929 bits per heavy atom. The summed E-state index contributed by atoms with van der Waals surface area (Å²) in [5.74, 6) is -0.413. The molecule has 0 atom stereocenters. The first-order chi connectivity index (χ1) is 18.2. The molecule has 0 aromatic heterocycles. The third-order valence-electron chi connectivity index (χ3n) is 5.63. The van der Waals surface area contributed by atoms with Crippen LogP contribution in [0.25, 0.3) is 0 Å². The topological polar surface area (TPSA) is 90.9 Å². The first kappa shape index (κ1) is 42.7. The average Bonchev–Trinajstić information content (AvgIpc) is 2.58. The van der Waals surface area contributed by atoms with Crippen LogP contribution in [0.5, 0.6) is 0 Å². The highest BCUT2D eigenvalue weighted by molar-refractivity contribution is 6.92. The van der Waals surface area contributed by atoms with Crippen molar-refractivity contribution in [2.45, 2.75) is 144 Å². The van der Waals surface area contributed by atoms with E-state index in [0.29, 0.717) is 5.57 Å². The second-order valence-electron chi connectivity index (χ2n) is 15.4. The van der Waals surface area contributed by atoms with Gasteiger partial charge in [0.25, 0.3) is 0 Å². The zero-order chi connectivity index (χ0) is 34.0. The van der Waals surface area contributed by atoms with Gasteiger partial charge in [-0.15, -0.1) is 0 Å². The molecule has 0 fully saturated rings. The average molecular weight is 733 g/mol. The smallest absolute Gasteiger partial charge is 0.398 e. The summed E-state index contributed by atoms with van der Waals surface area (Å²) >= 11 is 0. The van der Waals surface area contributed by atoms with Crippen molar-refractivity contribution in [3.8, 4) is 0 Å². The van der Waals surface area contributed by atoms with Crippen LogP contribution < -0.4 is 0 Å². The fourth-order valence-corrected chi connectivity index (χ4v) is 45.8. The molecule has 0 aliphatic heterocycles. The lowest BCUT2D eigenvalue weighted by Crippen LogP contribution is -2.62. The van der Waals surface area contributed by atoms with Crippen molar-refractivity contribution in [1.29, 1.82) is 0 Å². The number of carbonyl (C=O) groups excluding carboxylic acids is 1. The Morgan fingerprint density at radius 2 is 0.714 bits per heavy atom. The zero-order valence-electron chi connectivity index (χ0n) is 30.5. The van der Waals surface area contributed by atoms with Crippen molar-refractivity contribution in [3.63, 3.8) is 0 Å². The maximum Gasteiger partial charge on any atom is 0.398 e. The first-order valence-electron chi connectivity index (χ1n) is 15.0. The van der Waals surface area contributed by atoms with Crippen LogP contribution in [0.4, 0.5) is 0 Å². The van der Waals surface area contributed by atoms with E-state index in [1.165, 1.54) is 0 Å². The third kappa shape index (κ3) is 15.8. The van der Waals surface area contributed by atoms with Crippen LogP contribution in [0, 0.1) is 0 Å². The fourth-order valence-electron chi connectivity index (χ4n) is 5.60. The van der Waals surface area contributed by atoms with E-state index in [-0.39, 0.29) is 11.1 Å². The van der Waals surface area contributed by atoms with Gasteiger partial charge in [0.1, 0.15) is 0 Å². The molecule has 0 N–H and O–H groups in total. The van der Waals surface area contributed by atoms with E-state index in [2.05, 4.69) is 65.5 Å². The number of hydrogen-bond donors (Lipinski definition) is 0. The molecule has 0 aliphatic carbocycles. The van der Waals surface area contributed by atoms with Crippen LogP contribution in [0.15, 0.2) is 12.2 Å². The van der Waals surface area contributed by atoms with Crippen LogP contribution in [0.3, 0.4) is 0 Å². The van der Waals surface area contributed by atoms with Gasteiger partial charge in [0.15, 0.2) is 8.32 Å². The maximum absolute atomic E-state index is 12.7. The molecule has 0 rings (SSSR count). The van der Waals surface area contributed by atoms with Gasteiger partial charge in [0.2, 0.25) is 0 Å². The molecule has 0 spiro atoms. The molecule has 0 radical (unpaired) electrons. The van der Waals surface area contributed by atoms with Crippen LogP contribution in [-0.2, 0) is 38.0 Å². The highest BCUT2D eigenvalue weighted by Gasteiger charge is 2.55. The Kier molecular flexibility index (Phi) is 14.8. The van der Waals surface area contributed by atoms with E-state index in [9.17, 15) is 4.79 Å². The molecule has 0 aliphatic rings. The lowest BCUT2D eigenvalue weighted by Gasteiger charge is -2.45. The summed E-state index contributed by atoms with van der Waals surface area (Å²) in [6.07, 6.45) is 0. The summed E-state index contributed by atoms with van der Waals surface area (Å²) in [4.78, 5) is 12.7. The monoisotopic (exact) mass is 732 g/mol. The number of carbonyl (C=O) groups is 1. The standard InChI is InChI=1S/C25H64O9Si8/c1-22(2)25(26)27-42(23(3)4,24(5)6)34-41(20,21)33-40(18,19)32-39(16,17)31-38(14,15)30-37(12,13)29-36(10,11)28-35(7,8)9/h23-24H,1H2,2-21H3. The van der Waals surface area contributed by atoms with Gasteiger partial charge < -0.3 is 33.2 Å². The van der Waals surface area contributed by atoms with Gasteiger partial charge >= 0.3 is 65.9 Å². The van der Waals surface area contributed by atoms with Crippen LogP contribution in [0.2, 0.25) is 109 Å². The van der Waals surface area contributed by atoms with Gasteiger partial charge in [-0.2, -0.15) is 0 Å². The summed E-state index contributed by atoms with van der Waals surface area (Å²) in [5, 5.41) is 0. The van der Waals surface area contributed by atoms with Crippen molar-refractivity contribution < 1.29 is 38.0 Å². The lowest BCUT2D eigenvalue weighted by molar-refractivity contribution is -0.132. The predicted molar refractivity (Wildman–Crippen MR) is 193 cm³/mol. The normalized spacial score (nSPS) is 15.0. The fraction of sp³-hybridized carbons (Fsp3) is 0.880. The summed E-state index contributed by atoms with van der Waals surface area (Å²) in [6, 6.07) is 0. The largest absolute Gasteiger partial charge is 0.491 e. The quantitative estimate of drug-likeness (QED) is 0.102. The van der Waals surface area contributed by atoms with E-state index in [1.807, 2.05) is 67.0 Å². The molecule has 0 unspecified atom stereocenters. The van der Waals surface area contributed by atoms with Crippen LogP contribution in [-0.4, -0.2) is 74.2 Å². The molecule has 42 heavy (non-hydrogen) atoms. The minimum absolute atomic E-state index is 0.0268. The first-order valence-corrected chi connectivity index (χ1v) is 37.2. The summed E-state index contributed by atoms with van der Waals surface area (Å²) in [6.45, 7) is 44.7. The van der Waals surface area contributed by atoms with Crippen molar-refractivity contribution in [3.05, 3.63) is 12.2 Å². The third-order valence-corrected chi connectivity index (χ3v) is 36.7. The van der Waals surface area contributed by atoms with Gasteiger partial charge in [-0.1, -0.05) is 34.3 Å². The highest BCUT2D eigenvalue weighted by atomic mass is 28.5. The minimum atomic E-state index is -3.02. The molecule has 0 amide bonds. The molecule has 0 saturated carbocycles. The van der Waals surface area contributed by atoms with Crippen molar-refractivity contribution in [2.24, 2.45) is 0 Å². The zero-order valence-corrected chi connectivity index (χ0v) is 38.5. The highest BCUT2D eigenvalue weighted by Crippen LogP contribution is 2.39. The molecule has 0 bridgehead atoms. The summed E-state index contributed by atoms with van der Waals surface area (Å²) < 4.78 is 52.8.